The number of hydrazine groups is 1. The average Bonchev–Trinajstić information content (AvgIpc) is 3.00. The molecule has 0 bridgehead atoms. The van der Waals surface area contributed by atoms with Gasteiger partial charge >= 0.3 is 0 Å². The summed E-state index contributed by atoms with van der Waals surface area (Å²) in [5, 5.41) is 5.42. The summed E-state index contributed by atoms with van der Waals surface area (Å²) >= 11 is 0. The summed E-state index contributed by atoms with van der Waals surface area (Å²) < 4.78 is 0. The van der Waals surface area contributed by atoms with E-state index in [4.69, 9.17) is 0 Å². The Morgan fingerprint density at radius 1 is 1.22 bits per heavy atom. The predicted octanol–water partition coefficient (Wildman–Crippen LogP) is 2.08. The van der Waals surface area contributed by atoms with Crippen LogP contribution in [0, 0.1) is 0 Å². The van der Waals surface area contributed by atoms with E-state index in [1.54, 1.807) is 32.8 Å². The lowest BCUT2D eigenvalue weighted by atomic mass is 10.1. The van der Waals surface area contributed by atoms with Gasteiger partial charge in [-0.3, -0.25) is 14.6 Å². The maximum absolute atomic E-state index is 11.7. The van der Waals surface area contributed by atoms with Crippen molar-refractivity contribution < 1.29 is 9.59 Å². The highest BCUT2D eigenvalue weighted by molar-refractivity contribution is 8.78. The Kier molecular flexibility index (Phi) is 3.22. The van der Waals surface area contributed by atoms with Crippen LogP contribution in [0.3, 0.4) is 0 Å². The third-order valence-electron chi connectivity index (χ3n) is 3.03. The molecule has 0 spiro atoms. The van der Waals surface area contributed by atoms with Gasteiger partial charge in [0, 0.05) is 19.0 Å². The van der Waals surface area contributed by atoms with E-state index in [0.29, 0.717) is 24.6 Å². The van der Waals surface area contributed by atoms with Gasteiger partial charge in [0.25, 0.3) is 0 Å². The van der Waals surface area contributed by atoms with Crippen LogP contribution in [0.5, 0.6) is 0 Å². The zero-order chi connectivity index (χ0) is 12.5. The van der Waals surface area contributed by atoms with Gasteiger partial charge in [-0.25, -0.2) is 0 Å². The van der Waals surface area contributed by atoms with E-state index in [0.717, 1.165) is 0 Å². The second kappa shape index (κ2) is 4.85. The van der Waals surface area contributed by atoms with Gasteiger partial charge in [0.1, 0.15) is 0 Å². The lowest BCUT2D eigenvalue weighted by Crippen LogP contribution is -2.44. The van der Waals surface area contributed by atoms with Crippen molar-refractivity contribution in [2.75, 3.05) is 6.54 Å². The first-order valence-electron chi connectivity index (χ1n) is 5.74. The van der Waals surface area contributed by atoms with Crippen molar-refractivity contribution >= 4 is 33.4 Å². The standard InChI is InChI=1S/C12H12N2O2S2/c15-11-3-4-12(16)14(11)13-6-1-2-9(8-13)10-5-7-17-18-10/h1-2,5-7,10H,3-4,8H2. The van der Waals surface area contributed by atoms with Gasteiger partial charge in [-0.05, 0) is 17.1 Å². The number of imide groups is 1. The second-order valence-electron chi connectivity index (χ2n) is 4.22. The molecule has 0 aromatic carbocycles. The quantitative estimate of drug-likeness (QED) is 0.572. The molecule has 0 aromatic heterocycles. The van der Waals surface area contributed by atoms with Gasteiger partial charge in [-0.1, -0.05) is 33.7 Å². The highest BCUT2D eigenvalue weighted by atomic mass is 33.1. The normalized spacial score (nSPS) is 27.3. The molecule has 3 heterocycles. The Morgan fingerprint density at radius 2 is 2.00 bits per heavy atom. The molecule has 4 nitrogen and oxygen atoms in total. The summed E-state index contributed by atoms with van der Waals surface area (Å²) in [6.07, 6.45) is 8.56. The molecule has 1 saturated heterocycles. The van der Waals surface area contributed by atoms with Crippen molar-refractivity contribution in [1.82, 2.24) is 10.0 Å². The molecule has 18 heavy (non-hydrogen) atoms. The monoisotopic (exact) mass is 280 g/mol. The molecule has 0 N–H and O–H groups in total. The minimum absolute atomic E-state index is 0.102. The van der Waals surface area contributed by atoms with E-state index < -0.39 is 0 Å². The predicted molar refractivity (Wildman–Crippen MR) is 73.1 cm³/mol. The Hall–Kier alpha value is -1.14. The number of carbonyl (C=O) groups excluding carboxylic acids is 2. The smallest absolute Gasteiger partial charge is 0.248 e. The summed E-state index contributed by atoms with van der Waals surface area (Å²) in [5.41, 5.74) is 1.22. The number of nitrogens with zero attached hydrogens (tertiary/aromatic N) is 2. The third kappa shape index (κ3) is 2.10. The minimum atomic E-state index is -0.102. The first-order chi connectivity index (χ1) is 8.75. The van der Waals surface area contributed by atoms with Crippen LogP contribution in [-0.2, 0) is 9.59 Å². The number of hydrogen-bond donors (Lipinski definition) is 0. The van der Waals surface area contributed by atoms with Crippen LogP contribution in [-0.4, -0.2) is 33.6 Å². The Bertz CT molecular complexity index is 468. The molecular weight excluding hydrogens is 268 g/mol. The second-order valence-corrected chi connectivity index (χ2v) is 6.54. The fourth-order valence-corrected chi connectivity index (χ4v) is 4.38. The van der Waals surface area contributed by atoms with Gasteiger partial charge in [0.15, 0.2) is 0 Å². The van der Waals surface area contributed by atoms with Crippen LogP contribution in [0.2, 0.25) is 0 Å². The number of carbonyl (C=O) groups is 2. The van der Waals surface area contributed by atoms with Gasteiger partial charge in [-0.2, -0.15) is 5.01 Å². The minimum Gasteiger partial charge on any atom is -0.279 e. The fraction of sp³-hybridized carbons (Fsp3) is 0.333. The molecule has 6 heteroatoms. The van der Waals surface area contributed by atoms with Gasteiger partial charge < -0.3 is 0 Å². The van der Waals surface area contributed by atoms with Crippen LogP contribution in [0.1, 0.15) is 12.8 Å². The molecule has 0 radical (unpaired) electrons. The number of amides is 2. The lowest BCUT2D eigenvalue weighted by Gasteiger charge is -2.32. The van der Waals surface area contributed by atoms with Gasteiger partial charge in [0.05, 0.1) is 11.8 Å². The van der Waals surface area contributed by atoms with Crippen molar-refractivity contribution in [3.63, 3.8) is 0 Å². The first-order valence-corrected chi connectivity index (χ1v) is 8.02. The SMILES string of the molecule is O=C1CCC(=O)N1N1C=CC=C(C2C=CSS2)C1. The summed E-state index contributed by atoms with van der Waals surface area (Å²) in [5.74, 6) is -0.204. The number of rotatable bonds is 2. The van der Waals surface area contributed by atoms with Crippen LogP contribution >= 0.6 is 21.6 Å². The molecule has 3 aliphatic rings. The summed E-state index contributed by atoms with van der Waals surface area (Å²) in [4.78, 5) is 23.4. The van der Waals surface area contributed by atoms with Crippen molar-refractivity contribution in [1.29, 1.82) is 0 Å². The van der Waals surface area contributed by atoms with E-state index in [-0.39, 0.29) is 11.8 Å². The maximum atomic E-state index is 11.7. The molecule has 1 unspecified atom stereocenters. The summed E-state index contributed by atoms with van der Waals surface area (Å²) in [6, 6.07) is 0. The van der Waals surface area contributed by atoms with E-state index in [2.05, 4.69) is 17.6 Å². The highest BCUT2D eigenvalue weighted by Crippen LogP contribution is 2.40. The fourth-order valence-electron chi connectivity index (χ4n) is 2.14. The molecule has 1 fully saturated rings. The largest absolute Gasteiger partial charge is 0.279 e. The van der Waals surface area contributed by atoms with E-state index >= 15 is 0 Å². The zero-order valence-electron chi connectivity index (χ0n) is 9.61. The van der Waals surface area contributed by atoms with E-state index in [1.165, 1.54) is 10.6 Å². The Balaban J connectivity index is 1.75. The Labute approximate surface area is 113 Å². The average molecular weight is 280 g/mol. The summed E-state index contributed by atoms with van der Waals surface area (Å²) in [7, 11) is 3.50. The topological polar surface area (TPSA) is 40.6 Å². The molecule has 3 rings (SSSR count). The van der Waals surface area contributed by atoms with Crippen molar-refractivity contribution in [3.05, 3.63) is 35.4 Å². The van der Waals surface area contributed by atoms with Gasteiger partial charge in [0.2, 0.25) is 11.8 Å². The molecule has 0 saturated carbocycles. The summed E-state index contributed by atoms with van der Waals surface area (Å²) in [6.45, 7) is 0.608. The van der Waals surface area contributed by atoms with Crippen LogP contribution in [0.15, 0.2) is 35.4 Å². The first kappa shape index (κ1) is 11.9. The molecule has 3 aliphatic heterocycles. The molecule has 94 valence electrons. The molecule has 2 amide bonds. The molecule has 0 aliphatic carbocycles. The van der Waals surface area contributed by atoms with Crippen LogP contribution in [0.25, 0.3) is 0 Å². The number of hydrogen-bond acceptors (Lipinski definition) is 5. The van der Waals surface area contributed by atoms with Crippen LogP contribution in [0.4, 0.5) is 0 Å². The van der Waals surface area contributed by atoms with Crippen molar-refractivity contribution in [2.24, 2.45) is 0 Å². The molecule has 0 aromatic rings. The van der Waals surface area contributed by atoms with E-state index in [9.17, 15) is 9.59 Å². The molecular formula is C12H12N2O2S2. The zero-order valence-corrected chi connectivity index (χ0v) is 11.2. The van der Waals surface area contributed by atoms with Crippen molar-refractivity contribution in [3.8, 4) is 0 Å². The molecule has 1 atom stereocenters. The third-order valence-corrected chi connectivity index (χ3v) is 5.36. The Morgan fingerprint density at radius 3 is 2.67 bits per heavy atom. The number of allylic oxidation sites excluding steroid dienone is 2. The van der Waals surface area contributed by atoms with Gasteiger partial charge in [-0.15, -0.1) is 0 Å². The van der Waals surface area contributed by atoms with Crippen LogP contribution < -0.4 is 0 Å². The van der Waals surface area contributed by atoms with E-state index in [1.807, 2.05) is 6.08 Å². The lowest BCUT2D eigenvalue weighted by molar-refractivity contribution is -0.152. The van der Waals surface area contributed by atoms with Crippen molar-refractivity contribution in [2.45, 2.75) is 18.1 Å². The highest BCUT2D eigenvalue weighted by Gasteiger charge is 2.34. The maximum Gasteiger partial charge on any atom is 0.248 e.